The van der Waals surface area contributed by atoms with Crippen molar-refractivity contribution >= 4 is 11.9 Å². The molecule has 0 bridgehead atoms. The van der Waals surface area contributed by atoms with E-state index in [1.807, 2.05) is 23.6 Å². The lowest BCUT2D eigenvalue weighted by molar-refractivity contribution is -0.137. The number of unbranched alkanes of at least 4 members (excludes halogenated alkanes) is 2. The van der Waals surface area contributed by atoms with E-state index in [0.29, 0.717) is 12.1 Å². The number of amides is 1. The van der Waals surface area contributed by atoms with Gasteiger partial charge in [-0.2, -0.15) is 0 Å². The van der Waals surface area contributed by atoms with Crippen molar-refractivity contribution in [2.75, 3.05) is 13.1 Å². The molecule has 0 fully saturated rings. The lowest BCUT2D eigenvalue weighted by Crippen LogP contribution is -2.32. The molecule has 0 aliphatic carbocycles. The summed E-state index contributed by atoms with van der Waals surface area (Å²) in [6, 6.07) is 5.57. The minimum Gasteiger partial charge on any atom is -0.481 e. The molecular weight excluding hydrogens is 356 g/mol. The predicted molar refractivity (Wildman–Crippen MR) is 105 cm³/mol. The molecule has 146 valence electrons. The number of carboxylic acid groups (broad SMARTS) is 1. The molecule has 1 amide bonds. The third kappa shape index (κ3) is 4.24. The molecule has 0 radical (unpaired) electrons. The number of carboxylic acids is 1. The molecule has 0 saturated carbocycles. The Morgan fingerprint density at radius 2 is 2.18 bits per heavy atom. The van der Waals surface area contributed by atoms with E-state index in [0.717, 1.165) is 42.0 Å². The minimum absolute atomic E-state index is 0.110. The lowest BCUT2D eigenvalue weighted by atomic mass is 10.1. The van der Waals surface area contributed by atoms with Gasteiger partial charge < -0.3 is 15.7 Å². The maximum absolute atomic E-state index is 13.1. The second kappa shape index (κ2) is 8.72. The van der Waals surface area contributed by atoms with Crippen LogP contribution in [0.15, 0.2) is 24.4 Å². The van der Waals surface area contributed by atoms with Gasteiger partial charge in [0.2, 0.25) is 0 Å². The number of benzene rings is 1. The molecule has 1 aromatic carbocycles. The first-order valence-corrected chi connectivity index (χ1v) is 9.39. The average molecular weight is 380 g/mol. The Labute approximate surface area is 164 Å². The Morgan fingerprint density at radius 3 is 2.93 bits per heavy atom. The summed E-state index contributed by atoms with van der Waals surface area (Å²) < 4.78 is 1.95. The molecule has 1 aliphatic rings. The van der Waals surface area contributed by atoms with Crippen molar-refractivity contribution in [3.8, 4) is 17.5 Å². The van der Waals surface area contributed by atoms with Crippen LogP contribution in [0.2, 0.25) is 0 Å². The van der Waals surface area contributed by atoms with Crippen LogP contribution >= 0.6 is 0 Å². The van der Waals surface area contributed by atoms with Gasteiger partial charge in [-0.05, 0) is 44.5 Å². The van der Waals surface area contributed by atoms with Crippen LogP contribution in [0, 0.1) is 18.8 Å². The average Bonchev–Trinajstić information content (AvgIpc) is 2.98. The van der Waals surface area contributed by atoms with Crippen molar-refractivity contribution in [1.29, 1.82) is 0 Å². The topological polar surface area (TPSA) is 101 Å². The Morgan fingerprint density at radius 1 is 1.36 bits per heavy atom. The van der Waals surface area contributed by atoms with Crippen LogP contribution in [0.4, 0.5) is 0 Å². The first-order chi connectivity index (χ1) is 13.5. The molecule has 0 atom stereocenters. The summed E-state index contributed by atoms with van der Waals surface area (Å²) in [7, 11) is 0. The van der Waals surface area contributed by atoms with Gasteiger partial charge in [0.15, 0.2) is 0 Å². The molecule has 3 N–H and O–H groups in total. The Bertz CT molecular complexity index is 952. The molecule has 28 heavy (non-hydrogen) atoms. The summed E-state index contributed by atoms with van der Waals surface area (Å²) in [6.07, 6.45) is 4.31. The number of aliphatic carboxylic acids is 1. The van der Waals surface area contributed by atoms with Gasteiger partial charge >= 0.3 is 5.97 Å². The number of fused-ring (bicyclic) bond motifs is 3. The van der Waals surface area contributed by atoms with E-state index in [-0.39, 0.29) is 25.4 Å². The van der Waals surface area contributed by atoms with Crippen LogP contribution in [0.3, 0.4) is 0 Å². The second-order valence-corrected chi connectivity index (χ2v) is 6.80. The maximum Gasteiger partial charge on any atom is 0.305 e. The number of aromatic nitrogens is 2. The summed E-state index contributed by atoms with van der Waals surface area (Å²) in [5, 5.41) is 9.01. The molecule has 7 nitrogen and oxygen atoms in total. The quantitative estimate of drug-likeness (QED) is 0.590. The normalized spacial score (nSPS) is 12.6. The lowest BCUT2D eigenvalue weighted by Gasteiger charge is -2.19. The number of aryl methyl sites for hydroxylation is 1. The number of nitrogens with two attached hydrogens (primary N) is 1. The fourth-order valence-electron chi connectivity index (χ4n) is 3.25. The van der Waals surface area contributed by atoms with Crippen LogP contribution in [-0.4, -0.2) is 44.5 Å². The molecule has 0 unspecified atom stereocenters. The predicted octanol–water partition coefficient (Wildman–Crippen LogP) is 2.09. The highest BCUT2D eigenvalue weighted by Crippen LogP contribution is 2.26. The highest BCUT2D eigenvalue weighted by Gasteiger charge is 2.28. The highest BCUT2D eigenvalue weighted by molar-refractivity contribution is 5.99. The maximum atomic E-state index is 13.1. The van der Waals surface area contributed by atoms with Crippen molar-refractivity contribution < 1.29 is 14.7 Å². The number of rotatable bonds is 6. The van der Waals surface area contributed by atoms with Crippen LogP contribution in [-0.2, 0) is 11.3 Å². The van der Waals surface area contributed by atoms with E-state index in [1.165, 1.54) is 4.90 Å². The summed E-state index contributed by atoms with van der Waals surface area (Å²) in [6.45, 7) is 3.00. The van der Waals surface area contributed by atoms with Gasteiger partial charge in [0, 0.05) is 30.4 Å². The Balaban J connectivity index is 1.96. The van der Waals surface area contributed by atoms with E-state index < -0.39 is 5.97 Å². The third-order valence-corrected chi connectivity index (χ3v) is 4.68. The van der Waals surface area contributed by atoms with Gasteiger partial charge in [-0.15, -0.1) is 0 Å². The number of hydrogen-bond acceptors (Lipinski definition) is 4. The number of hydrogen-bond donors (Lipinski definition) is 2. The van der Waals surface area contributed by atoms with Crippen LogP contribution in [0.5, 0.6) is 0 Å². The van der Waals surface area contributed by atoms with Gasteiger partial charge in [0.1, 0.15) is 5.82 Å². The van der Waals surface area contributed by atoms with Gasteiger partial charge in [-0.25, -0.2) is 4.98 Å². The SMILES string of the molecule is Cc1cnc2n1-c1ccc(C#CCCCCN)cc1C(=O)N(CCC(=O)O)C2. The Hall–Kier alpha value is -3.11. The van der Waals surface area contributed by atoms with E-state index in [9.17, 15) is 9.59 Å². The zero-order chi connectivity index (χ0) is 20.1. The molecule has 2 aromatic rings. The monoisotopic (exact) mass is 380 g/mol. The molecule has 2 heterocycles. The number of imidazole rings is 1. The summed E-state index contributed by atoms with van der Waals surface area (Å²) in [5.41, 5.74) is 8.44. The van der Waals surface area contributed by atoms with Gasteiger partial charge in [0.05, 0.1) is 24.2 Å². The second-order valence-electron chi connectivity index (χ2n) is 6.80. The summed E-state index contributed by atoms with van der Waals surface area (Å²) in [4.78, 5) is 30.1. The van der Waals surface area contributed by atoms with E-state index in [1.54, 1.807) is 12.3 Å². The van der Waals surface area contributed by atoms with Crippen molar-refractivity contribution in [1.82, 2.24) is 14.5 Å². The zero-order valence-electron chi connectivity index (χ0n) is 15.9. The minimum atomic E-state index is -0.936. The molecule has 1 aromatic heterocycles. The fraction of sp³-hybridized carbons (Fsp3) is 0.381. The molecule has 3 rings (SSSR count). The molecule has 0 saturated heterocycles. The Kier molecular flexibility index (Phi) is 6.12. The number of nitrogens with zero attached hydrogens (tertiary/aromatic N) is 3. The van der Waals surface area contributed by atoms with Gasteiger partial charge in [0.25, 0.3) is 5.91 Å². The highest BCUT2D eigenvalue weighted by atomic mass is 16.4. The number of carbonyl (C=O) groups is 2. The van der Waals surface area contributed by atoms with Gasteiger partial charge in [-0.1, -0.05) is 11.8 Å². The van der Waals surface area contributed by atoms with Crippen molar-refractivity contribution in [2.45, 2.75) is 39.2 Å². The number of carbonyl (C=O) groups excluding carboxylic acids is 1. The molecule has 1 aliphatic heterocycles. The van der Waals surface area contributed by atoms with Gasteiger partial charge in [-0.3, -0.25) is 14.2 Å². The standard InChI is InChI=1S/C21H24N4O3/c1-15-13-23-19-14-24(11-9-20(26)27)21(28)17-12-16(6-4-2-3-5-10-22)7-8-18(17)25(15)19/h7-8,12-13H,2-3,5,9-11,14,22H2,1H3,(H,26,27). The summed E-state index contributed by atoms with van der Waals surface area (Å²) in [5.74, 6) is 5.82. The van der Waals surface area contributed by atoms with Crippen molar-refractivity contribution in [3.63, 3.8) is 0 Å². The van der Waals surface area contributed by atoms with Crippen LogP contribution < -0.4 is 5.73 Å². The molecule has 7 heteroatoms. The molecular formula is C21H24N4O3. The van der Waals surface area contributed by atoms with Crippen molar-refractivity contribution in [2.24, 2.45) is 5.73 Å². The van der Waals surface area contributed by atoms with Crippen LogP contribution in [0.1, 0.15) is 53.1 Å². The fourth-order valence-corrected chi connectivity index (χ4v) is 3.25. The smallest absolute Gasteiger partial charge is 0.305 e. The van der Waals surface area contributed by atoms with Crippen LogP contribution in [0.25, 0.3) is 5.69 Å². The first-order valence-electron chi connectivity index (χ1n) is 9.39. The first kappa shape index (κ1) is 19.6. The largest absolute Gasteiger partial charge is 0.481 e. The summed E-state index contributed by atoms with van der Waals surface area (Å²) >= 11 is 0. The third-order valence-electron chi connectivity index (χ3n) is 4.68. The van der Waals surface area contributed by atoms with E-state index >= 15 is 0 Å². The zero-order valence-corrected chi connectivity index (χ0v) is 15.9. The van der Waals surface area contributed by atoms with Crippen molar-refractivity contribution in [3.05, 3.63) is 47.0 Å². The molecule has 0 spiro atoms. The van der Waals surface area contributed by atoms with E-state index in [4.69, 9.17) is 10.8 Å². The van der Waals surface area contributed by atoms with E-state index in [2.05, 4.69) is 16.8 Å².